The molecule has 2 aromatic carbocycles. The Morgan fingerprint density at radius 1 is 1.08 bits per heavy atom. The first-order chi connectivity index (χ1) is 11.4. The molecule has 0 atom stereocenters. The Morgan fingerprint density at radius 3 is 2.50 bits per heavy atom. The minimum Gasteiger partial charge on any atom is -0.354 e. The van der Waals surface area contributed by atoms with E-state index in [9.17, 15) is 8.42 Å². The number of benzene rings is 2. The Bertz CT molecular complexity index is 955. The summed E-state index contributed by atoms with van der Waals surface area (Å²) in [4.78, 5) is 3.88. The molecule has 0 unspecified atom stereocenters. The van der Waals surface area contributed by atoms with Crippen molar-refractivity contribution in [3.63, 3.8) is 0 Å². The molecule has 0 bridgehead atoms. The minimum atomic E-state index is -3.79. The van der Waals surface area contributed by atoms with Crippen LogP contribution in [0.2, 0.25) is 5.02 Å². The number of para-hydroxylation sites is 1. The molecule has 24 heavy (non-hydrogen) atoms. The number of hydrogen-bond donors (Lipinski definition) is 2. The summed E-state index contributed by atoms with van der Waals surface area (Å²) in [7, 11) is -2.08. The molecule has 1 heterocycles. The van der Waals surface area contributed by atoms with Gasteiger partial charge < -0.3 is 9.88 Å². The van der Waals surface area contributed by atoms with Gasteiger partial charge in [-0.25, -0.2) is 4.98 Å². The molecule has 0 aliphatic carbocycles. The predicted octanol–water partition coefficient (Wildman–Crippen LogP) is 3.62. The molecule has 0 aliphatic heterocycles. The topological polar surface area (TPSA) is 76.0 Å². The number of aryl methyl sites for hydroxylation is 1. The number of nitrogens with zero attached hydrogens (tertiary/aromatic N) is 2. The van der Waals surface area contributed by atoms with Gasteiger partial charge >= 0.3 is 0 Å². The van der Waals surface area contributed by atoms with E-state index in [1.165, 1.54) is 12.5 Å². The normalized spacial score (nSPS) is 11.2. The maximum absolute atomic E-state index is 12.5. The number of sulfonamides is 1. The van der Waals surface area contributed by atoms with Crippen LogP contribution < -0.4 is 10.0 Å². The highest BCUT2D eigenvalue weighted by atomic mass is 35.5. The van der Waals surface area contributed by atoms with Crippen LogP contribution in [0.1, 0.15) is 0 Å². The molecular formula is C16H15ClN4O2S. The summed E-state index contributed by atoms with van der Waals surface area (Å²) in [6, 6.07) is 14.3. The summed E-state index contributed by atoms with van der Waals surface area (Å²) < 4.78 is 29.0. The van der Waals surface area contributed by atoms with E-state index in [4.69, 9.17) is 11.6 Å². The van der Waals surface area contributed by atoms with E-state index in [0.717, 1.165) is 5.69 Å². The predicted molar refractivity (Wildman–Crippen MR) is 95.2 cm³/mol. The molecule has 3 rings (SSSR count). The SMILES string of the molecule is Cn1cnc(S(=O)(=O)Nc2ccc(Cl)cc2Nc2ccccc2)c1. The molecule has 0 fully saturated rings. The lowest BCUT2D eigenvalue weighted by atomic mass is 10.2. The number of imidazole rings is 1. The molecule has 1 aromatic heterocycles. The number of anilines is 3. The molecule has 124 valence electrons. The minimum absolute atomic E-state index is 0.0504. The molecular weight excluding hydrogens is 348 g/mol. The maximum Gasteiger partial charge on any atom is 0.281 e. The number of halogens is 1. The Balaban J connectivity index is 1.93. The van der Waals surface area contributed by atoms with E-state index >= 15 is 0 Å². The highest BCUT2D eigenvalue weighted by Crippen LogP contribution is 2.30. The van der Waals surface area contributed by atoms with Crippen molar-refractivity contribution >= 4 is 38.7 Å². The molecule has 2 N–H and O–H groups in total. The molecule has 0 aliphatic rings. The van der Waals surface area contributed by atoms with Gasteiger partial charge in [-0.3, -0.25) is 4.72 Å². The van der Waals surface area contributed by atoms with Gasteiger partial charge in [0, 0.05) is 24.0 Å². The fraction of sp³-hybridized carbons (Fsp3) is 0.0625. The summed E-state index contributed by atoms with van der Waals surface area (Å²) in [5.74, 6) is 0. The van der Waals surface area contributed by atoms with Gasteiger partial charge in [-0.2, -0.15) is 8.42 Å². The van der Waals surface area contributed by atoms with Crippen molar-refractivity contribution in [2.24, 2.45) is 7.05 Å². The summed E-state index contributed by atoms with van der Waals surface area (Å²) >= 11 is 6.04. The highest BCUT2D eigenvalue weighted by Gasteiger charge is 2.19. The first-order valence-electron chi connectivity index (χ1n) is 7.06. The van der Waals surface area contributed by atoms with Crippen LogP contribution in [0.5, 0.6) is 0 Å². The lowest BCUT2D eigenvalue weighted by molar-refractivity contribution is 0.598. The van der Waals surface area contributed by atoms with Crippen LogP contribution in [0.4, 0.5) is 17.1 Å². The number of rotatable bonds is 5. The number of hydrogen-bond acceptors (Lipinski definition) is 4. The van der Waals surface area contributed by atoms with Crippen LogP contribution in [-0.2, 0) is 17.1 Å². The summed E-state index contributed by atoms with van der Waals surface area (Å²) in [5.41, 5.74) is 1.75. The summed E-state index contributed by atoms with van der Waals surface area (Å²) in [6.07, 6.45) is 2.86. The lowest BCUT2D eigenvalue weighted by Crippen LogP contribution is -2.14. The molecule has 0 radical (unpaired) electrons. The zero-order valence-corrected chi connectivity index (χ0v) is 14.3. The first-order valence-corrected chi connectivity index (χ1v) is 8.92. The fourth-order valence-electron chi connectivity index (χ4n) is 2.11. The van der Waals surface area contributed by atoms with Gasteiger partial charge in [0.05, 0.1) is 17.7 Å². The quantitative estimate of drug-likeness (QED) is 0.726. The van der Waals surface area contributed by atoms with E-state index < -0.39 is 10.0 Å². The summed E-state index contributed by atoms with van der Waals surface area (Å²) in [5, 5.41) is 3.60. The largest absolute Gasteiger partial charge is 0.354 e. The van der Waals surface area contributed by atoms with Gasteiger partial charge in [-0.05, 0) is 30.3 Å². The number of nitrogens with one attached hydrogen (secondary N) is 2. The van der Waals surface area contributed by atoms with Gasteiger partial charge in [0.1, 0.15) is 0 Å². The second kappa shape index (κ2) is 6.54. The van der Waals surface area contributed by atoms with Crippen molar-refractivity contribution in [1.82, 2.24) is 9.55 Å². The van der Waals surface area contributed by atoms with E-state index in [1.54, 1.807) is 29.8 Å². The fourth-order valence-corrected chi connectivity index (χ4v) is 3.35. The Labute approximate surface area is 145 Å². The first kappa shape index (κ1) is 16.4. The highest BCUT2D eigenvalue weighted by molar-refractivity contribution is 7.92. The number of aromatic nitrogens is 2. The van der Waals surface area contributed by atoms with Crippen molar-refractivity contribution in [3.05, 3.63) is 66.1 Å². The van der Waals surface area contributed by atoms with Crippen LogP contribution >= 0.6 is 11.6 Å². The summed E-state index contributed by atoms with van der Waals surface area (Å²) in [6.45, 7) is 0. The van der Waals surface area contributed by atoms with Gasteiger partial charge in [0.25, 0.3) is 10.0 Å². The molecule has 0 saturated carbocycles. The van der Waals surface area contributed by atoms with E-state index in [0.29, 0.717) is 16.4 Å². The third-order valence-electron chi connectivity index (χ3n) is 3.24. The standard InChI is InChI=1S/C16H15ClN4O2S/c1-21-10-16(18-11-21)24(22,23)20-14-8-7-12(17)9-15(14)19-13-5-3-2-4-6-13/h2-11,19-20H,1H3. The van der Waals surface area contributed by atoms with Crippen LogP contribution in [-0.4, -0.2) is 18.0 Å². The molecule has 3 aromatic rings. The van der Waals surface area contributed by atoms with Crippen molar-refractivity contribution < 1.29 is 8.42 Å². The second-order valence-corrected chi connectivity index (χ2v) is 7.23. The average Bonchev–Trinajstić information content (AvgIpc) is 2.98. The zero-order chi connectivity index (χ0) is 17.2. The third-order valence-corrected chi connectivity index (χ3v) is 4.72. The molecule has 0 amide bonds. The second-order valence-electron chi connectivity index (χ2n) is 5.16. The van der Waals surface area contributed by atoms with E-state index in [-0.39, 0.29) is 5.03 Å². The van der Waals surface area contributed by atoms with Crippen LogP contribution in [0.25, 0.3) is 0 Å². The Kier molecular flexibility index (Phi) is 4.46. The van der Waals surface area contributed by atoms with Gasteiger partial charge in [0.15, 0.2) is 5.03 Å². The van der Waals surface area contributed by atoms with Gasteiger partial charge in [-0.15, -0.1) is 0 Å². The van der Waals surface area contributed by atoms with E-state index in [2.05, 4.69) is 15.0 Å². The molecule has 0 saturated heterocycles. The molecule has 0 spiro atoms. The van der Waals surface area contributed by atoms with Gasteiger partial charge in [0.2, 0.25) is 0 Å². The van der Waals surface area contributed by atoms with Crippen LogP contribution in [0.15, 0.2) is 66.1 Å². The smallest absolute Gasteiger partial charge is 0.281 e. The average molecular weight is 363 g/mol. The zero-order valence-electron chi connectivity index (χ0n) is 12.8. The monoisotopic (exact) mass is 362 g/mol. The van der Waals surface area contributed by atoms with Crippen LogP contribution in [0.3, 0.4) is 0 Å². The van der Waals surface area contributed by atoms with Crippen molar-refractivity contribution in [1.29, 1.82) is 0 Å². The Morgan fingerprint density at radius 2 is 1.83 bits per heavy atom. The molecule has 6 nitrogen and oxygen atoms in total. The van der Waals surface area contributed by atoms with Crippen molar-refractivity contribution in [3.8, 4) is 0 Å². The third kappa shape index (κ3) is 3.69. The van der Waals surface area contributed by atoms with Gasteiger partial charge in [-0.1, -0.05) is 29.8 Å². The Hall–Kier alpha value is -2.51. The van der Waals surface area contributed by atoms with Crippen molar-refractivity contribution in [2.75, 3.05) is 10.0 Å². The van der Waals surface area contributed by atoms with E-state index in [1.807, 2.05) is 30.3 Å². The lowest BCUT2D eigenvalue weighted by Gasteiger charge is -2.14. The van der Waals surface area contributed by atoms with Crippen molar-refractivity contribution in [2.45, 2.75) is 5.03 Å². The maximum atomic E-state index is 12.5. The molecule has 8 heteroatoms. The van der Waals surface area contributed by atoms with Crippen LogP contribution in [0, 0.1) is 0 Å².